The molecular formula is C12H18N4O3S2. The number of ether oxygens (including phenoxy) is 1. The molecule has 0 aromatic carbocycles. The predicted molar refractivity (Wildman–Crippen MR) is 82.6 cm³/mol. The molecule has 1 aliphatic rings. The molecule has 0 unspecified atom stereocenters. The summed E-state index contributed by atoms with van der Waals surface area (Å²) >= 11 is 4.78. The van der Waals surface area contributed by atoms with E-state index < -0.39 is 10.0 Å². The minimum Gasteiger partial charge on any atom is -0.388 e. The van der Waals surface area contributed by atoms with Gasteiger partial charge in [-0.05, 0) is 12.1 Å². The molecular weight excluding hydrogens is 312 g/mol. The van der Waals surface area contributed by atoms with Crippen LogP contribution >= 0.6 is 12.2 Å². The summed E-state index contributed by atoms with van der Waals surface area (Å²) in [6, 6.07) is 2.94. The lowest BCUT2D eigenvalue weighted by Gasteiger charge is -2.26. The summed E-state index contributed by atoms with van der Waals surface area (Å²) in [5.41, 5.74) is 5.82. The van der Waals surface area contributed by atoms with Gasteiger partial charge in [-0.2, -0.15) is 0 Å². The van der Waals surface area contributed by atoms with E-state index in [1.807, 2.05) is 0 Å². The van der Waals surface area contributed by atoms with Crippen LogP contribution in [0.1, 0.15) is 5.69 Å². The lowest BCUT2D eigenvalue weighted by Crippen LogP contribution is -2.41. The topological polar surface area (TPSA) is 97.5 Å². The first kappa shape index (κ1) is 16.2. The van der Waals surface area contributed by atoms with Crippen LogP contribution in [0, 0.1) is 0 Å². The average molecular weight is 330 g/mol. The first-order valence-corrected chi connectivity index (χ1v) is 8.44. The molecule has 21 heavy (non-hydrogen) atoms. The van der Waals surface area contributed by atoms with Gasteiger partial charge in [0.05, 0.1) is 18.9 Å². The lowest BCUT2D eigenvalue weighted by molar-refractivity contribution is 0.0390. The van der Waals surface area contributed by atoms with Crippen molar-refractivity contribution in [3.05, 3.63) is 24.0 Å². The summed E-state index contributed by atoms with van der Waals surface area (Å²) in [6.07, 6.45) is 1.26. The van der Waals surface area contributed by atoms with Gasteiger partial charge in [0.2, 0.25) is 10.0 Å². The Hall–Kier alpha value is -1.13. The van der Waals surface area contributed by atoms with Gasteiger partial charge in [0.15, 0.2) is 0 Å². The molecule has 0 radical (unpaired) electrons. The fourth-order valence-electron chi connectivity index (χ4n) is 1.93. The standard InChI is InChI=1S/C12H18N4O3S2/c13-12(20)11-2-1-10(9-14-11)21(17,18)15-3-4-16-5-7-19-8-6-16/h1-2,9,15H,3-8H2,(H2,13,20). The Labute approximate surface area is 129 Å². The fraction of sp³-hybridized carbons (Fsp3) is 0.500. The average Bonchev–Trinajstić information content (AvgIpc) is 2.48. The van der Waals surface area contributed by atoms with Crippen LogP contribution in [-0.4, -0.2) is 62.7 Å². The summed E-state index contributed by atoms with van der Waals surface area (Å²) in [7, 11) is -3.56. The Morgan fingerprint density at radius 1 is 1.43 bits per heavy atom. The summed E-state index contributed by atoms with van der Waals surface area (Å²) in [4.78, 5) is 6.32. The first-order chi connectivity index (χ1) is 9.99. The Balaban J connectivity index is 1.90. The molecule has 2 heterocycles. The molecule has 0 spiro atoms. The minimum absolute atomic E-state index is 0.101. The maximum absolute atomic E-state index is 12.1. The molecule has 116 valence electrons. The number of hydrogen-bond acceptors (Lipinski definition) is 6. The van der Waals surface area contributed by atoms with Gasteiger partial charge in [-0.15, -0.1) is 0 Å². The highest BCUT2D eigenvalue weighted by Gasteiger charge is 2.16. The zero-order valence-electron chi connectivity index (χ0n) is 11.5. The van der Waals surface area contributed by atoms with Crippen LogP contribution in [-0.2, 0) is 14.8 Å². The van der Waals surface area contributed by atoms with Crippen LogP contribution < -0.4 is 10.5 Å². The second-order valence-corrected chi connectivity index (χ2v) is 6.80. The molecule has 0 aliphatic carbocycles. The number of sulfonamides is 1. The van der Waals surface area contributed by atoms with Crippen LogP contribution in [0.4, 0.5) is 0 Å². The molecule has 0 saturated carbocycles. The van der Waals surface area contributed by atoms with E-state index in [2.05, 4.69) is 14.6 Å². The van der Waals surface area contributed by atoms with E-state index in [1.54, 1.807) is 0 Å². The number of pyridine rings is 1. The number of morpholine rings is 1. The van der Waals surface area contributed by atoms with E-state index in [0.717, 1.165) is 13.1 Å². The quantitative estimate of drug-likeness (QED) is 0.667. The third-order valence-corrected chi connectivity index (χ3v) is 4.78. The molecule has 1 aliphatic heterocycles. The smallest absolute Gasteiger partial charge is 0.242 e. The molecule has 1 saturated heterocycles. The number of nitrogens with zero attached hydrogens (tertiary/aromatic N) is 2. The molecule has 2 rings (SSSR count). The Kier molecular flexibility index (Phi) is 5.59. The van der Waals surface area contributed by atoms with Gasteiger partial charge in [0.25, 0.3) is 0 Å². The predicted octanol–water partition coefficient (Wildman–Crippen LogP) is -0.674. The zero-order valence-corrected chi connectivity index (χ0v) is 13.1. The second-order valence-electron chi connectivity index (χ2n) is 4.60. The summed E-state index contributed by atoms with van der Waals surface area (Å²) in [5, 5.41) is 0. The summed E-state index contributed by atoms with van der Waals surface area (Å²) in [6.45, 7) is 4.03. The van der Waals surface area contributed by atoms with E-state index in [0.29, 0.717) is 32.0 Å². The van der Waals surface area contributed by atoms with Crippen molar-refractivity contribution in [2.24, 2.45) is 5.73 Å². The molecule has 7 nitrogen and oxygen atoms in total. The van der Waals surface area contributed by atoms with Crippen molar-refractivity contribution < 1.29 is 13.2 Å². The molecule has 0 atom stereocenters. The Morgan fingerprint density at radius 2 is 2.14 bits per heavy atom. The molecule has 9 heteroatoms. The van der Waals surface area contributed by atoms with Crippen molar-refractivity contribution in [1.82, 2.24) is 14.6 Å². The van der Waals surface area contributed by atoms with Crippen molar-refractivity contribution in [3.63, 3.8) is 0 Å². The molecule has 1 aromatic rings. The monoisotopic (exact) mass is 330 g/mol. The number of nitrogens with one attached hydrogen (secondary N) is 1. The van der Waals surface area contributed by atoms with Crippen LogP contribution in [0.2, 0.25) is 0 Å². The summed E-state index contributed by atoms with van der Waals surface area (Å²) in [5.74, 6) is 0. The first-order valence-electron chi connectivity index (χ1n) is 6.55. The van der Waals surface area contributed by atoms with Gasteiger partial charge >= 0.3 is 0 Å². The SMILES string of the molecule is NC(=S)c1ccc(S(=O)(=O)NCCN2CCOCC2)cn1. The Morgan fingerprint density at radius 3 is 2.71 bits per heavy atom. The third kappa shape index (κ3) is 4.68. The number of hydrogen-bond donors (Lipinski definition) is 2. The van der Waals surface area contributed by atoms with E-state index in [9.17, 15) is 8.42 Å². The number of thiocarbonyl (C=S) groups is 1. The van der Waals surface area contributed by atoms with E-state index in [-0.39, 0.29) is 9.88 Å². The minimum atomic E-state index is -3.56. The molecule has 0 amide bonds. The maximum Gasteiger partial charge on any atom is 0.242 e. The maximum atomic E-state index is 12.1. The van der Waals surface area contributed by atoms with E-state index >= 15 is 0 Å². The molecule has 0 bridgehead atoms. The van der Waals surface area contributed by atoms with Crippen molar-refractivity contribution in [1.29, 1.82) is 0 Å². The second kappa shape index (κ2) is 7.23. The van der Waals surface area contributed by atoms with E-state index in [1.165, 1.54) is 18.3 Å². The van der Waals surface area contributed by atoms with Gasteiger partial charge in [-0.25, -0.2) is 13.1 Å². The highest BCUT2D eigenvalue weighted by atomic mass is 32.2. The fourth-order valence-corrected chi connectivity index (χ4v) is 3.02. The van der Waals surface area contributed by atoms with Crippen molar-refractivity contribution in [2.45, 2.75) is 4.90 Å². The molecule has 1 aromatic heterocycles. The molecule has 1 fully saturated rings. The van der Waals surface area contributed by atoms with Crippen molar-refractivity contribution in [3.8, 4) is 0 Å². The highest BCUT2D eigenvalue weighted by molar-refractivity contribution is 7.89. The number of nitrogens with two attached hydrogens (primary N) is 1. The Bertz CT molecular complexity index is 583. The van der Waals surface area contributed by atoms with Crippen molar-refractivity contribution in [2.75, 3.05) is 39.4 Å². The van der Waals surface area contributed by atoms with Gasteiger partial charge in [-0.3, -0.25) is 9.88 Å². The van der Waals surface area contributed by atoms with Crippen LogP contribution in [0.25, 0.3) is 0 Å². The summed E-state index contributed by atoms with van der Waals surface area (Å²) < 4.78 is 32.0. The number of aromatic nitrogens is 1. The lowest BCUT2D eigenvalue weighted by atomic mass is 10.3. The van der Waals surface area contributed by atoms with Gasteiger partial charge in [0.1, 0.15) is 9.88 Å². The zero-order chi connectivity index (χ0) is 15.3. The molecule has 3 N–H and O–H groups in total. The van der Waals surface area contributed by atoms with Crippen LogP contribution in [0.5, 0.6) is 0 Å². The number of rotatable bonds is 6. The van der Waals surface area contributed by atoms with Gasteiger partial charge in [-0.1, -0.05) is 12.2 Å². The highest BCUT2D eigenvalue weighted by Crippen LogP contribution is 2.07. The third-order valence-electron chi connectivity index (χ3n) is 3.12. The van der Waals surface area contributed by atoms with Gasteiger partial charge < -0.3 is 10.5 Å². The van der Waals surface area contributed by atoms with Crippen LogP contribution in [0.3, 0.4) is 0 Å². The van der Waals surface area contributed by atoms with Crippen LogP contribution in [0.15, 0.2) is 23.2 Å². The van der Waals surface area contributed by atoms with Crippen molar-refractivity contribution >= 4 is 27.2 Å². The normalized spacial score (nSPS) is 16.8. The van der Waals surface area contributed by atoms with Gasteiger partial charge in [0, 0.05) is 32.4 Å². The van der Waals surface area contributed by atoms with E-state index in [4.69, 9.17) is 22.7 Å². The largest absolute Gasteiger partial charge is 0.388 e.